The third-order valence-electron chi connectivity index (χ3n) is 3.47. The summed E-state index contributed by atoms with van der Waals surface area (Å²) < 4.78 is 11.2. The van der Waals surface area contributed by atoms with Crippen molar-refractivity contribution in [3.8, 4) is 0 Å². The molecule has 2 atom stereocenters. The molecule has 2 nitrogen and oxygen atoms in total. The Bertz CT molecular complexity index is 394. The van der Waals surface area contributed by atoms with Crippen molar-refractivity contribution in [1.82, 2.24) is 0 Å². The van der Waals surface area contributed by atoms with Crippen LogP contribution in [0.1, 0.15) is 38.3 Å². The Kier molecular flexibility index (Phi) is 4.88. The molecule has 106 valence electrons. The molecule has 1 aromatic rings. The molecule has 0 spiro atoms. The van der Waals surface area contributed by atoms with Gasteiger partial charge in [-0.05, 0) is 23.0 Å². The lowest BCUT2D eigenvalue weighted by atomic mass is 9.86. The van der Waals surface area contributed by atoms with Crippen molar-refractivity contribution in [1.29, 1.82) is 0 Å². The second kappa shape index (κ2) is 6.25. The van der Waals surface area contributed by atoms with E-state index in [1.807, 2.05) is 0 Å². The minimum absolute atomic E-state index is 0.0648. The van der Waals surface area contributed by atoms with Gasteiger partial charge < -0.3 is 9.47 Å². The van der Waals surface area contributed by atoms with Gasteiger partial charge in [0.25, 0.3) is 0 Å². The Labute approximate surface area is 121 Å². The molecule has 0 N–H and O–H groups in total. The second-order valence-corrected chi connectivity index (χ2v) is 6.47. The maximum Gasteiger partial charge on any atom is 0.158 e. The van der Waals surface area contributed by atoms with Crippen LogP contribution in [0.5, 0.6) is 0 Å². The van der Waals surface area contributed by atoms with Gasteiger partial charge in [0.05, 0.1) is 18.6 Å². The number of hydrogen-bond donors (Lipinski definition) is 0. The van der Waals surface area contributed by atoms with Crippen LogP contribution in [0, 0.1) is 0 Å². The van der Waals surface area contributed by atoms with Gasteiger partial charge >= 0.3 is 0 Å². The van der Waals surface area contributed by atoms with Crippen molar-refractivity contribution in [3.05, 3.63) is 35.4 Å². The standard InChI is InChI=1S/C16H23ClO2/c1-16(2,3)13-7-4-12(5-8-13)6-9-15-18-11-14(10-17)19-15/h4-5,7-8,14-15H,6,9-11H2,1-3H3/t14-,15-/m0/s1. The quantitative estimate of drug-likeness (QED) is 0.780. The minimum atomic E-state index is -0.0916. The van der Waals surface area contributed by atoms with E-state index in [-0.39, 0.29) is 17.8 Å². The molecule has 1 aliphatic rings. The normalized spacial score (nSPS) is 23.8. The van der Waals surface area contributed by atoms with Crippen LogP contribution in [0.25, 0.3) is 0 Å². The number of alkyl halides is 1. The summed E-state index contributed by atoms with van der Waals surface area (Å²) in [7, 11) is 0. The van der Waals surface area contributed by atoms with Crippen LogP contribution in [0.2, 0.25) is 0 Å². The Balaban J connectivity index is 1.84. The first-order valence-corrected chi connectivity index (χ1v) is 7.45. The Hall–Kier alpha value is -0.570. The topological polar surface area (TPSA) is 18.5 Å². The Morgan fingerprint density at radius 1 is 1.21 bits per heavy atom. The highest BCUT2D eigenvalue weighted by molar-refractivity contribution is 6.18. The first-order chi connectivity index (χ1) is 8.99. The first-order valence-electron chi connectivity index (χ1n) is 6.91. The van der Waals surface area contributed by atoms with Crippen molar-refractivity contribution in [2.24, 2.45) is 0 Å². The summed E-state index contributed by atoms with van der Waals surface area (Å²) in [5.41, 5.74) is 2.91. The second-order valence-electron chi connectivity index (χ2n) is 6.16. The number of rotatable bonds is 4. The smallest absolute Gasteiger partial charge is 0.158 e. The third-order valence-corrected chi connectivity index (χ3v) is 3.82. The van der Waals surface area contributed by atoms with Crippen molar-refractivity contribution >= 4 is 11.6 Å². The molecule has 0 radical (unpaired) electrons. The van der Waals surface area contributed by atoms with Gasteiger partial charge in [-0.2, -0.15) is 0 Å². The number of ether oxygens (including phenoxy) is 2. The number of aryl methyl sites for hydroxylation is 1. The van der Waals surface area contributed by atoms with Crippen LogP contribution in [-0.4, -0.2) is 24.9 Å². The molecule has 1 heterocycles. The monoisotopic (exact) mass is 282 g/mol. The largest absolute Gasteiger partial charge is 0.350 e. The van der Waals surface area contributed by atoms with E-state index >= 15 is 0 Å². The highest BCUT2D eigenvalue weighted by Crippen LogP contribution is 2.23. The first kappa shape index (κ1) is 14.8. The fraction of sp³-hybridized carbons (Fsp3) is 0.625. The highest BCUT2D eigenvalue weighted by atomic mass is 35.5. The molecule has 0 unspecified atom stereocenters. The van der Waals surface area contributed by atoms with Crippen LogP contribution in [0.15, 0.2) is 24.3 Å². The maximum atomic E-state index is 5.75. The fourth-order valence-corrected chi connectivity index (χ4v) is 2.36. The molecule has 0 aliphatic carbocycles. The van der Waals surface area contributed by atoms with Gasteiger partial charge in [0.15, 0.2) is 6.29 Å². The molecule has 0 aromatic heterocycles. The maximum absolute atomic E-state index is 5.75. The highest BCUT2D eigenvalue weighted by Gasteiger charge is 2.24. The van der Waals surface area contributed by atoms with E-state index in [9.17, 15) is 0 Å². The number of halogens is 1. The molecule has 19 heavy (non-hydrogen) atoms. The van der Waals surface area contributed by atoms with Gasteiger partial charge in [-0.25, -0.2) is 0 Å². The number of hydrogen-bond acceptors (Lipinski definition) is 2. The minimum Gasteiger partial charge on any atom is -0.350 e. The zero-order valence-electron chi connectivity index (χ0n) is 12.0. The lowest BCUT2D eigenvalue weighted by Gasteiger charge is -2.19. The van der Waals surface area contributed by atoms with Gasteiger partial charge in [0.1, 0.15) is 0 Å². The summed E-state index contributed by atoms with van der Waals surface area (Å²) in [6, 6.07) is 8.84. The summed E-state index contributed by atoms with van der Waals surface area (Å²) >= 11 is 5.75. The molecule has 0 amide bonds. The van der Waals surface area contributed by atoms with E-state index < -0.39 is 0 Å². The SMILES string of the molecule is CC(C)(C)c1ccc(CC[C@H]2OC[C@H](CCl)O2)cc1. The van der Waals surface area contributed by atoms with Crippen molar-refractivity contribution in [3.63, 3.8) is 0 Å². The van der Waals surface area contributed by atoms with Crippen LogP contribution in [0.4, 0.5) is 0 Å². The van der Waals surface area contributed by atoms with Gasteiger partial charge in [-0.1, -0.05) is 45.0 Å². The van der Waals surface area contributed by atoms with Gasteiger partial charge in [-0.3, -0.25) is 0 Å². The van der Waals surface area contributed by atoms with E-state index in [0.717, 1.165) is 12.8 Å². The summed E-state index contributed by atoms with van der Waals surface area (Å²) in [5, 5.41) is 0. The molecule has 3 heteroatoms. The molecule has 1 saturated heterocycles. The summed E-state index contributed by atoms with van der Waals surface area (Å²) in [4.78, 5) is 0. The Morgan fingerprint density at radius 3 is 2.42 bits per heavy atom. The summed E-state index contributed by atoms with van der Waals surface area (Å²) in [6.07, 6.45) is 1.84. The van der Waals surface area contributed by atoms with Crippen LogP contribution in [-0.2, 0) is 21.3 Å². The summed E-state index contributed by atoms with van der Waals surface area (Å²) in [6.45, 7) is 7.31. The zero-order chi connectivity index (χ0) is 13.9. The van der Waals surface area contributed by atoms with Gasteiger partial charge in [0.2, 0.25) is 0 Å². The Morgan fingerprint density at radius 2 is 1.89 bits per heavy atom. The fourth-order valence-electron chi connectivity index (χ4n) is 2.20. The predicted octanol–water partition coefficient (Wildman–Crippen LogP) is 3.90. The van der Waals surface area contributed by atoms with Crippen LogP contribution < -0.4 is 0 Å². The molecule has 1 aromatic carbocycles. The molecular weight excluding hydrogens is 260 g/mol. The predicted molar refractivity (Wildman–Crippen MR) is 78.8 cm³/mol. The average molecular weight is 283 g/mol. The molecular formula is C16H23ClO2. The van der Waals surface area contributed by atoms with Gasteiger partial charge in [-0.15, -0.1) is 11.6 Å². The van der Waals surface area contributed by atoms with Crippen LogP contribution in [0.3, 0.4) is 0 Å². The molecule has 0 bridgehead atoms. The van der Waals surface area contributed by atoms with Crippen molar-refractivity contribution in [2.45, 2.75) is 51.4 Å². The van der Waals surface area contributed by atoms with Crippen molar-refractivity contribution < 1.29 is 9.47 Å². The molecule has 0 saturated carbocycles. The lowest BCUT2D eigenvalue weighted by Crippen LogP contribution is -2.14. The number of benzene rings is 1. The van der Waals surface area contributed by atoms with E-state index in [4.69, 9.17) is 21.1 Å². The lowest BCUT2D eigenvalue weighted by molar-refractivity contribution is -0.0582. The molecule has 1 aliphatic heterocycles. The van der Waals surface area contributed by atoms with Crippen LogP contribution >= 0.6 is 11.6 Å². The van der Waals surface area contributed by atoms with E-state index in [1.165, 1.54) is 11.1 Å². The zero-order valence-corrected chi connectivity index (χ0v) is 12.7. The van der Waals surface area contributed by atoms with E-state index in [0.29, 0.717) is 12.5 Å². The molecule has 1 fully saturated rings. The van der Waals surface area contributed by atoms with Crippen molar-refractivity contribution in [2.75, 3.05) is 12.5 Å². The third kappa shape index (κ3) is 4.20. The molecule has 2 rings (SSSR count). The summed E-state index contributed by atoms with van der Waals surface area (Å²) in [5.74, 6) is 0.511. The average Bonchev–Trinajstić information content (AvgIpc) is 2.84. The van der Waals surface area contributed by atoms with E-state index in [2.05, 4.69) is 45.0 Å². The van der Waals surface area contributed by atoms with Gasteiger partial charge in [0, 0.05) is 6.42 Å². The van der Waals surface area contributed by atoms with E-state index in [1.54, 1.807) is 0 Å².